The predicted octanol–water partition coefficient (Wildman–Crippen LogP) is 2.78. The smallest absolute Gasteiger partial charge is 0.126 e. The van der Waals surface area contributed by atoms with Gasteiger partial charge in [-0.1, -0.05) is 24.3 Å². The molecule has 0 unspecified atom stereocenters. The molecule has 4 nitrogen and oxygen atoms in total. The fourth-order valence-corrected chi connectivity index (χ4v) is 3.83. The van der Waals surface area contributed by atoms with Gasteiger partial charge in [0.2, 0.25) is 0 Å². The number of hydrogen-bond acceptors (Lipinski definition) is 4. The van der Waals surface area contributed by atoms with E-state index in [0.29, 0.717) is 0 Å². The van der Waals surface area contributed by atoms with Crippen molar-refractivity contribution in [3.63, 3.8) is 0 Å². The molecule has 23 heavy (non-hydrogen) atoms. The van der Waals surface area contributed by atoms with Crippen LogP contribution in [-0.2, 0) is 16.0 Å². The van der Waals surface area contributed by atoms with E-state index in [9.17, 15) is 0 Å². The Morgan fingerprint density at radius 3 is 2.74 bits per heavy atom. The average Bonchev–Trinajstić information content (AvgIpc) is 2.72. The molecular formula is C19H25NO3. The second-order valence-electron chi connectivity index (χ2n) is 6.85. The van der Waals surface area contributed by atoms with E-state index in [1.807, 2.05) is 0 Å². The third-order valence-corrected chi connectivity index (χ3v) is 5.02. The van der Waals surface area contributed by atoms with Gasteiger partial charge in [-0.25, -0.2) is 0 Å². The third-order valence-electron chi connectivity index (χ3n) is 5.02. The van der Waals surface area contributed by atoms with Gasteiger partial charge in [-0.05, 0) is 18.1 Å². The normalized spacial score (nSPS) is 24.4. The summed E-state index contributed by atoms with van der Waals surface area (Å²) < 4.78 is 17.7. The van der Waals surface area contributed by atoms with Gasteiger partial charge in [-0.3, -0.25) is 4.90 Å². The molecule has 4 rings (SSSR count). The number of ether oxygens (including phenoxy) is 3. The largest absolute Gasteiger partial charge is 0.485 e. The van der Waals surface area contributed by atoms with E-state index >= 15 is 0 Å². The minimum Gasteiger partial charge on any atom is -0.485 e. The van der Waals surface area contributed by atoms with Crippen LogP contribution in [0.5, 0.6) is 5.75 Å². The van der Waals surface area contributed by atoms with Gasteiger partial charge in [0.15, 0.2) is 0 Å². The standard InChI is InChI=1S/C19H25NO3/c1-2-6-18-17(5-1)13-20(12-16-4-3-9-22-14-16)15-19(23-18)7-10-21-11-8-19/h1-2,4-6H,3,7-15H2. The van der Waals surface area contributed by atoms with E-state index in [1.165, 1.54) is 11.1 Å². The lowest BCUT2D eigenvalue weighted by Gasteiger charge is -2.39. The summed E-state index contributed by atoms with van der Waals surface area (Å²) in [5, 5.41) is 0. The van der Waals surface area contributed by atoms with E-state index in [2.05, 4.69) is 35.2 Å². The number of fused-ring (bicyclic) bond motifs is 1. The molecule has 0 bridgehead atoms. The van der Waals surface area contributed by atoms with E-state index in [-0.39, 0.29) is 5.60 Å². The highest BCUT2D eigenvalue weighted by Gasteiger charge is 2.39. The van der Waals surface area contributed by atoms with Crippen molar-refractivity contribution in [3.05, 3.63) is 41.5 Å². The van der Waals surface area contributed by atoms with E-state index in [0.717, 1.165) is 71.1 Å². The van der Waals surface area contributed by atoms with Gasteiger partial charge < -0.3 is 14.2 Å². The zero-order valence-corrected chi connectivity index (χ0v) is 13.6. The molecule has 124 valence electrons. The summed E-state index contributed by atoms with van der Waals surface area (Å²) in [4.78, 5) is 2.53. The molecule has 3 aliphatic heterocycles. The van der Waals surface area contributed by atoms with Crippen molar-refractivity contribution in [3.8, 4) is 5.75 Å². The van der Waals surface area contributed by atoms with Gasteiger partial charge >= 0.3 is 0 Å². The van der Waals surface area contributed by atoms with Crippen molar-refractivity contribution in [2.45, 2.75) is 31.4 Å². The maximum absolute atomic E-state index is 6.53. The average molecular weight is 315 g/mol. The van der Waals surface area contributed by atoms with Crippen molar-refractivity contribution in [1.29, 1.82) is 0 Å². The molecule has 1 fully saturated rings. The molecule has 1 spiro atoms. The van der Waals surface area contributed by atoms with Crippen LogP contribution in [0, 0.1) is 0 Å². The molecule has 3 heterocycles. The Morgan fingerprint density at radius 2 is 1.91 bits per heavy atom. The molecule has 1 saturated heterocycles. The SMILES string of the molecule is C1=C(CN2Cc3ccccc3OC3(CCOCC3)C2)COCC1. The van der Waals surface area contributed by atoms with E-state index in [1.54, 1.807) is 0 Å². The fraction of sp³-hybridized carbons (Fsp3) is 0.579. The molecule has 0 N–H and O–H groups in total. The van der Waals surface area contributed by atoms with Crippen LogP contribution in [0.2, 0.25) is 0 Å². The minimum atomic E-state index is -0.110. The Balaban J connectivity index is 1.59. The summed E-state index contributed by atoms with van der Waals surface area (Å²) in [5.74, 6) is 1.05. The lowest BCUT2D eigenvalue weighted by Crippen LogP contribution is -2.50. The maximum Gasteiger partial charge on any atom is 0.126 e. The summed E-state index contributed by atoms with van der Waals surface area (Å²) in [5.41, 5.74) is 2.58. The van der Waals surface area contributed by atoms with Crippen LogP contribution in [0.25, 0.3) is 0 Å². The summed E-state index contributed by atoms with van der Waals surface area (Å²) in [7, 11) is 0. The lowest BCUT2D eigenvalue weighted by molar-refractivity contribution is -0.0577. The highest BCUT2D eigenvalue weighted by molar-refractivity contribution is 5.35. The van der Waals surface area contributed by atoms with E-state index < -0.39 is 0 Å². The molecule has 1 aromatic rings. The monoisotopic (exact) mass is 315 g/mol. The van der Waals surface area contributed by atoms with Crippen molar-refractivity contribution in [2.24, 2.45) is 0 Å². The molecule has 0 saturated carbocycles. The summed E-state index contributed by atoms with van der Waals surface area (Å²) in [6.07, 6.45) is 5.31. The van der Waals surface area contributed by atoms with Crippen LogP contribution < -0.4 is 4.74 Å². The van der Waals surface area contributed by atoms with Crippen molar-refractivity contribution < 1.29 is 14.2 Å². The Hall–Kier alpha value is -1.36. The highest BCUT2D eigenvalue weighted by atomic mass is 16.5. The van der Waals surface area contributed by atoms with Gasteiger partial charge in [0, 0.05) is 38.0 Å². The Kier molecular flexibility index (Phi) is 4.38. The number of nitrogens with zero attached hydrogens (tertiary/aromatic N) is 1. The second-order valence-corrected chi connectivity index (χ2v) is 6.85. The Bertz CT molecular complexity index is 578. The Labute approximate surface area is 138 Å². The van der Waals surface area contributed by atoms with Crippen LogP contribution in [0.3, 0.4) is 0 Å². The van der Waals surface area contributed by atoms with Crippen molar-refractivity contribution in [1.82, 2.24) is 4.90 Å². The van der Waals surface area contributed by atoms with Gasteiger partial charge in [-0.2, -0.15) is 0 Å². The molecule has 0 atom stereocenters. The Morgan fingerprint density at radius 1 is 1.04 bits per heavy atom. The quantitative estimate of drug-likeness (QED) is 0.785. The molecule has 0 amide bonds. The van der Waals surface area contributed by atoms with Crippen LogP contribution in [0.15, 0.2) is 35.9 Å². The number of hydrogen-bond donors (Lipinski definition) is 0. The van der Waals surface area contributed by atoms with Crippen LogP contribution in [0.4, 0.5) is 0 Å². The molecular weight excluding hydrogens is 290 g/mol. The number of rotatable bonds is 2. The van der Waals surface area contributed by atoms with Gasteiger partial charge in [0.25, 0.3) is 0 Å². The molecule has 1 aromatic carbocycles. The molecule has 0 radical (unpaired) electrons. The molecule has 0 aromatic heterocycles. The lowest BCUT2D eigenvalue weighted by atomic mass is 9.93. The van der Waals surface area contributed by atoms with E-state index in [4.69, 9.17) is 14.2 Å². The van der Waals surface area contributed by atoms with Gasteiger partial charge in [0.1, 0.15) is 11.4 Å². The summed E-state index contributed by atoms with van der Waals surface area (Å²) in [6.45, 7) is 6.09. The van der Waals surface area contributed by atoms with Crippen LogP contribution in [0.1, 0.15) is 24.8 Å². The van der Waals surface area contributed by atoms with Gasteiger partial charge in [0.05, 0.1) is 26.4 Å². The first-order chi connectivity index (χ1) is 11.3. The van der Waals surface area contributed by atoms with Crippen LogP contribution in [-0.4, -0.2) is 50.0 Å². The topological polar surface area (TPSA) is 30.9 Å². The predicted molar refractivity (Wildman–Crippen MR) is 88.7 cm³/mol. The zero-order valence-electron chi connectivity index (χ0n) is 13.6. The number of para-hydroxylation sites is 1. The second kappa shape index (κ2) is 6.63. The molecule has 3 aliphatic rings. The van der Waals surface area contributed by atoms with Crippen molar-refractivity contribution in [2.75, 3.05) is 39.5 Å². The first-order valence-electron chi connectivity index (χ1n) is 8.66. The number of benzene rings is 1. The van der Waals surface area contributed by atoms with Crippen LogP contribution >= 0.6 is 0 Å². The third kappa shape index (κ3) is 3.44. The summed E-state index contributed by atoms with van der Waals surface area (Å²) >= 11 is 0. The highest BCUT2D eigenvalue weighted by Crippen LogP contribution is 2.35. The summed E-state index contributed by atoms with van der Waals surface area (Å²) in [6, 6.07) is 8.47. The molecule has 4 heteroatoms. The minimum absolute atomic E-state index is 0.110. The zero-order chi connectivity index (χ0) is 15.5. The first kappa shape index (κ1) is 15.2. The first-order valence-corrected chi connectivity index (χ1v) is 8.66. The van der Waals surface area contributed by atoms with Gasteiger partial charge in [-0.15, -0.1) is 0 Å². The molecule has 0 aliphatic carbocycles. The maximum atomic E-state index is 6.53. The van der Waals surface area contributed by atoms with Crippen molar-refractivity contribution >= 4 is 0 Å². The fourth-order valence-electron chi connectivity index (χ4n) is 3.83.